The molecule has 3 N–H and O–H groups in total. The van der Waals surface area contributed by atoms with E-state index in [1.165, 1.54) is 0 Å². The van der Waals surface area contributed by atoms with E-state index in [0.717, 1.165) is 12.0 Å². The van der Waals surface area contributed by atoms with Crippen LogP contribution in [0.1, 0.15) is 36.2 Å². The highest BCUT2D eigenvalue weighted by Gasteiger charge is 2.12. The molecule has 0 heterocycles. The molecule has 0 aliphatic heterocycles. The number of hydrogen-bond acceptors (Lipinski definition) is 2. The zero-order valence-corrected chi connectivity index (χ0v) is 11.0. The van der Waals surface area contributed by atoms with E-state index in [0.29, 0.717) is 17.0 Å². The van der Waals surface area contributed by atoms with Gasteiger partial charge in [0, 0.05) is 18.0 Å². The topological polar surface area (TPSA) is 55.1 Å². The second-order valence-electron chi connectivity index (χ2n) is 4.08. The number of carbonyl (C=O) groups is 1. The van der Waals surface area contributed by atoms with Gasteiger partial charge in [-0.1, -0.05) is 37.3 Å². The summed E-state index contributed by atoms with van der Waals surface area (Å²) in [5, 5.41) is 2.94. The summed E-state index contributed by atoms with van der Waals surface area (Å²) in [7, 11) is 0. The van der Waals surface area contributed by atoms with Gasteiger partial charge in [-0.05, 0) is 25.0 Å². The van der Waals surface area contributed by atoms with E-state index >= 15 is 0 Å². The molecule has 1 aromatic carbocycles. The Morgan fingerprint density at radius 3 is 2.71 bits per heavy atom. The normalized spacial score (nSPS) is 11.9. The molecule has 1 amide bonds. The van der Waals surface area contributed by atoms with Gasteiger partial charge < -0.3 is 11.1 Å². The van der Waals surface area contributed by atoms with Gasteiger partial charge in [0.2, 0.25) is 0 Å². The molecule has 0 aromatic heterocycles. The first kappa shape index (κ1) is 13.6. The molecule has 92 valence electrons. The number of nitrogens with one attached hydrogen (secondary N) is 1. The van der Waals surface area contributed by atoms with Crippen molar-refractivity contribution in [3.05, 3.63) is 35.4 Å². The van der Waals surface area contributed by atoms with Crippen LogP contribution in [-0.4, -0.2) is 16.9 Å². The molecule has 0 spiro atoms. The molecule has 1 unspecified atom stereocenters. The van der Waals surface area contributed by atoms with Gasteiger partial charge in [-0.3, -0.25) is 4.79 Å². The monoisotopic (exact) mass is 250 g/mol. The number of hydrogen-bond donors (Lipinski definition) is 2. The summed E-state index contributed by atoms with van der Waals surface area (Å²) in [6.07, 6.45) is 1.36. The van der Waals surface area contributed by atoms with E-state index in [9.17, 15) is 4.79 Å². The Labute approximate surface area is 107 Å². The molecule has 0 bridgehead atoms. The number of nitrogens with two attached hydrogens (primary N) is 1. The molecule has 1 aromatic rings. The second kappa shape index (κ2) is 6.35. The average Bonchev–Trinajstić information content (AvgIpc) is 2.28. The van der Waals surface area contributed by atoms with Crippen LogP contribution in [0.5, 0.6) is 0 Å². The molecule has 0 aliphatic rings. The number of rotatable bonds is 5. The minimum atomic E-state index is -0.0637. The van der Waals surface area contributed by atoms with Crippen LogP contribution >= 0.6 is 12.2 Å². The predicted molar refractivity (Wildman–Crippen MR) is 74.2 cm³/mol. The highest BCUT2D eigenvalue weighted by molar-refractivity contribution is 7.80. The van der Waals surface area contributed by atoms with Crippen molar-refractivity contribution in [3.8, 4) is 0 Å². The van der Waals surface area contributed by atoms with Gasteiger partial charge in [0.1, 0.15) is 0 Å². The van der Waals surface area contributed by atoms with Crippen molar-refractivity contribution < 1.29 is 4.79 Å². The third-order valence-electron chi connectivity index (χ3n) is 2.62. The van der Waals surface area contributed by atoms with Gasteiger partial charge in [-0.25, -0.2) is 0 Å². The van der Waals surface area contributed by atoms with Crippen LogP contribution in [0.25, 0.3) is 0 Å². The molecule has 0 aliphatic carbocycles. The first-order valence-corrected chi connectivity index (χ1v) is 6.12. The Morgan fingerprint density at radius 2 is 2.12 bits per heavy atom. The number of amides is 1. The molecule has 3 nitrogen and oxygen atoms in total. The predicted octanol–water partition coefficient (Wildman–Crippen LogP) is 2.04. The minimum Gasteiger partial charge on any atom is -0.393 e. The lowest BCUT2D eigenvalue weighted by Gasteiger charge is -2.13. The summed E-state index contributed by atoms with van der Waals surface area (Å²) < 4.78 is 0. The Kier molecular flexibility index (Phi) is 5.10. The lowest BCUT2D eigenvalue weighted by Crippen LogP contribution is -2.32. The van der Waals surface area contributed by atoms with E-state index < -0.39 is 0 Å². The fourth-order valence-corrected chi connectivity index (χ4v) is 1.64. The minimum absolute atomic E-state index is 0.0637. The van der Waals surface area contributed by atoms with Crippen LogP contribution in [0.15, 0.2) is 24.3 Å². The highest BCUT2D eigenvalue weighted by atomic mass is 32.1. The van der Waals surface area contributed by atoms with E-state index in [2.05, 4.69) is 5.32 Å². The maximum Gasteiger partial charge on any atom is 0.251 e. The SMILES string of the molecule is CCC(C)NC(=O)c1ccccc1CC(N)=S. The van der Waals surface area contributed by atoms with Gasteiger partial charge in [-0.2, -0.15) is 0 Å². The molecule has 1 atom stereocenters. The smallest absolute Gasteiger partial charge is 0.251 e. The lowest BCUT2D eigenvalue weighted by atomic mass is 10.0. The van der Waals surface area contributed by atoms with Gasteiger partial charge in [0.25, 0.3) is 5.91 Å². The van der Waals surface area contributed by atoms with Crippen molar-refractivity contribution >= 4 is 23.1 Å². The molecule has 1 rings (SSSR count). The Bertz CT molecular complexity index is 418. The Morgan fingerprint density at radius 1 is 1.47 bits per heavy atom. The van der Waals surface area contributed by atoms with Crippen molar-refractivity contribution in [1.29, 1.82) is 0 Å². The van der Waals surface area contributed by atoms with Crippen LogP contribution < -0.4 is 11.1 Å². The molecular formula is C13H18N2OS. The van der Waals surface area contributed by atoms with Crippen LogP contribution in [0.2, 0.25) is 0 Å². The van der Waals surface area contributed by atoms with E-state index in [1.54, 1.807) is 6.07 Å². The third kappa shape index (κ3) is 4.15. The zero-order chi connectivity index (χ0) is 12.8. The first-order chi connectivity index (χ1) is 8.04. The number of benzene rings is 1. The summed E-state index contributed by atoms with van der Waals surface area (Å²) >= 11 is 4.88. The number of carbonyl (C=O) groups excluding carboxylic acids is 1. The number of thiocarbonyl (C=S) groups is 1. The summed E-state index contributed by atoms with van der Waals surface area (Å²) in [4.78, 5) is 12.4. The molecule has 0 fully saturated rings. The van der Waals surface area contributed by atoms with Crippen LogP contribution in [0, 0.1) is 0 Å². The van der Waals surface area contributed by atoms with Gasteiger partial charge >= 0.3 is 0 Å². The second-order valence-corrected chi connectivity index (χ2v) is 4.61. The Balaban J connectivity index is 2.88. The summed E-state index contributed by atoms with van der Waals surface area (Å²) in [5.41, 5.74) is 7.05. The average molecular weight is 250 g/mol. The Hall–Kier alpha value is -1.42. The van der Waals surface area contributed by atoms with Crippen molar-refractivity contribution in [2.24, 2.45) is 5.73 Å². The summed E-state index contributed by atoms with van der Waals surface area (Å²) in [5.74, 6) is -0.0637. The van der Waals surface area contributed by atoms with E-state index in [4.69, 9.17) is 18.0 Å². The fourth-order valence-electron chi connectivity index (χ4n) is 1.49. The highest BCUT2D eigenvalue weighted by Crippen LogP contribution is 2.10. The maximum atomic E-state index is 12.0. The first-order valence-electron chi connectivity index (χ1n) is 5.71. The van der Waals surface area contributed by atoms with Crippen molar-refractivity contribution in [1.82, 2.24) is 5.32 Å². The van der Waals surface area contributed by atoms with Gasteiger partial charge in [0.05, 0.1) is 4.99 Å². The lowest BCUT2D eigenvalue weighted by molar-refractivity contribution is 0.0938. The van der Waals surface area contributed by atoms with Crippen LogP contribution in [-0.2, 0) is 6.42 Å². The third-order valence-corrected chi connectivity index (χ3v) is 2.76. The van der Waals surface area contributed by atoms with Crippen LogP contribution in [0.4, 0.5) is 0 Å². The van der Waals surface area contributed by atoms with E-state index in [-0.39, 0.29) is 11.9 Å². The van der Waals surface area contributed by atoms with Crippen molar-refractivity contribution in [3.63, 3.8) is 0 Å². The van der Waals surface area contributed by atoms with Crippen molar-refractivity contribution in [2.75, 3.05) is 0 Å². The van der Waals surface area contributed by atoms with E-state index in [1.807, 2.05) is 32.0 Å². The molecule has 17 heavy (non-hydrogen) atoms. The zero-order valence-electron chi connectivity index (χ0n) is 10.2. The molecule has 0 saturated heterocycles. The molecular weight excluding hydrogens is 232 g/mol. The van der Waals surface area contributed by atoms with Crippen molar-refractivity contribution in [2.45, 2.75) is 32.7 Å². The van der Waals surface area contributed by atoms with Crippen LogP contribution in [0.3, 0.4) is 0 Å². The largest absolute Gasteiger partial charge is 0.393 e. The molecule has 0 radical (unpaired) electrons. The summed E-state index contributed by atoms with van der Waals surface area (Å²) in [6.45, 7) is 4.01. The van der Waals surface area contributed by atoms with Gasteiger partial charge in [-0.15, -0.1) is 0 Å². The maximum absolute atomic E-state index is 12.0. The quantitative estimate of drug-likeness (QED) is 0.786. The standard InChI is InChI=1S/C13H18N2OS/c1-3-9(2)15-13(16)11-7-5-4-6-10(11)8-12(14)17/h4-7,9H,3,8H2,1-2H3,(H2,14,17)(H,15,16). The summed E-state index contributed by atoms with van der Waals surface area (Å²) in [6, 6.07) is 7.57. The molecule has 0 saturated carbocycles. The van der Waals surface area contributed by atoms with Gasteiger partial charge in [0.15, 0.2) is 0 Å². The fraction of sp³-hybridized carbons (Fsp3) is 0.385. The molecule has 4 heteroatoms.